The highest BCUT2D eigenvalue weighted by Gasteiger charge is 2.26. The van der Waals surface area contributed by atoms with Crippen molar-refractivity contribution in [3.8, 4) is 23.0 Å². The van der Waals surface area contributed by atoms with Gasteiger partial charge in [-0.05, 0) is 48.4 Å². The van der Waals surface area contributed by atoms with Crippen molar-refractivity contribution >= 4 is 0 Å². The van der Waals surface area contributed by atoms with Crippen molar-refractivity contribution in [1.29, 1.82) is 0 Å². The van der Waals surface area contributed by atoms with Crippen LogP contribution in [-0.4, -0.2) is 25.2 Å². The van der Waals surface area contributed by atoms with Crippen LogP contribution in [0.15, 0.2) is 36.4 Å². The molecular weight excluding hydrogens is 334 g/mol. The minimum absolute atomic E-state index is 0.217. The van der Waals surface area contributed by atoms with E-state index in [2.05, 4.69) is 12.2 Å². The van der Waals surface area contributed by atoms with Gasteiger partial charge in [0.15, 0.2) is 23.0 Å². The van der Waals surface area contributed by atoms with Gasteiger partial charge in [-0.15, -0.1) is 0 Å². The van der Waals surface area contributed by atoms with Crippen LogP contribution < -0.4 is 24.3 Å². The van der Waals surface area contributed by atoms with Crippen molar-refractivity contribution in [1.82, 2.24) is 5.32 Å². The monoisotopic (exact) mass is 357 g/mol. The number of aliphatic hydroxyl groups excluding tert-OH is 1. The van der Waals surface area contributed by atoms with Crippen LogP contribution in [0, 0.1) is 0 Å². The molecule has 2 aliphatic heterocycles. The van der Waals surface area contributed by atoms with Gasteiger partial charge in [-0.1, -0.05) is 25.5 Å². The van der Waals surface area contributed by atoms with Gasteiger partial charge in [0.2, 0.25) is 13.6 Å². The second-order valence-corrected chi connectivity index (χ2v) is 6.46. The molecule has 138 valence electrons. The van der Waals surface area contributed by atoms with Gasteiger partial charge in [0, 0.05) is 0 Å². The smallest absolute Gasteiger partial charge is 0.231 e. The number of ether oxygens (including phenoxy) is 4. The first-order valence-corrected chi connectivity index (χ1v) is 8.97. The van der Waals surface area contributed by atoms with Crippen molar-refractivity contribution in [2.75, 3.05) is 20.1 Å². The average Bonchev–Trinajstić information content (AvgIpc) is 3.32. The van der Waals surface area contributed by atoms with Gasteiger partial charge in [-0.2, -0.15) is 0 Å². The molecule has 2 aromatic rings. The Morgan fingerprint density at radius 3 is 2.12 bits per heavy atom. The first-order valence-electron chi connectivity index (χ1n) is 8.97. The van der Waals surface area contributed by atoms with Gasteiger partial charge in [0.05, 0.1) is 12.1 Å². The van der Waals surface area contributed by atoms with Crippen LogP contribution in [0.2, 0.25) is 0 Å². The molecule has 0 bridgehead atoms. The first-order chi connectivity index (χ1) is 12.8. The third kappa shape index (κ3) is 3.30. The number of fused-ring (bicyclic) bond motifs is 2. The summed E-state index contributed by atoms with van der Waals surface area (Å²) in [4.78, 5) is 0. The average molecular weight is 357 g/mol. The molecule has 0 radical (unpaired) electrons. The van der Waals surface area contributed by atoms with E-state index in [9.17, 15) is 5.11 Å². The van der Waals surface area contributed by atoms with E-state index in [1.165, 1.54) is 0 Å². The fraction of sp³-hybridized carbons (Fsp3) is 0.400. The number of hydrogen-bond acceptors (Lipinski definition) is 6. The molecule has 6 heteroatoms. The molecule has 0 amide bonds. The van der Waals surface area contributed by atoms with Gasteiger partial charge < -0.3 is 29.4 Å². The second-order valence-electron chi connectivity index (χ2n) is 6.46. The van der Waals surface area contributed by atoms with Gasteiger partial charge >= 0.3 is 0 Å². The quantitative estimate of drug-likeness (QED) is 0.741. The summed E-state index contributed by atoms with van der Waals surface area (Å²) in [7, 11) is 0. The molecule has 0 aliphatic carbocycles. The molecule has 2 atom stereocenters. The lowest BCUT2D eigenvalue weighted by molar-refractivity contribution is 0.128. The van der Waals surface area contributed by atoms with Crippen LogP contribution in [0.5, 0.6) is 23.0 Å². The highest BCUT2D eigenvalue weighted by atomic mass is 16.7. The Hall–Kier alpha value is -2.44. The Labute approximate surface area is 152 Å². The molecule has 0 spiro atoms. The lowest BCUT2D eigenvalue weighted by Gasteiger charge is -2.25. The Morgan fingerprint density at radius 1 is 0.885 bits per heavy atom. The number of nitrogens with one attached hydrogen (secondary N) is 1. The fourth-order valence-corrected chi connectivity index (χ4v) is 3.24. The van der Waals surface area contributed by atoms with Crippen LogP contribution in [0.4, 0.5) is 0 Å². The lowest BCUT2D eigenvalue weighted by atomic mass is 9.95. The topological polar surface area (TPSA) is 69.2 Å². The van der Waals surface area contributed by atoms with Crippen LogP contribution in [0.1, 0.15) is 43.0 Å². The molecule has 2 aromatic carbocycles. The van der Waals surface area contributed by atoms with Crippen molar-refractivity contribution in [2.45, 2.75) is 31.9 Å². The molecule has 0 unspecified atom stereocenters. The van der Waals surface area contributed by atoms with E-state index < -0.39 is 6.10 Å². The SMILES string of the molecule is CCCCN[C@@H](c1ccc2c(c1)OCO2)[C@H](O)c1ccc2c(c1)OCO2. The van der Waals surface area contributed by atoms with Crippen molar-refractivity contribution in [3.63, 3.8) is 0 Å². The zero-order valence-electron chi connectivity index (χ0n) is 14.7. The van der Waals surface area contributed by atoms with Gasteiger partial charge in [-0.25, -0.2) is 0 Å². The Morgan fingerprint density at radius 2 is 1.46 bits per heavy atom. The Balaban J connectivity index is 1.61. The zero-order chi connectivity index (χ0) is 17.9. The van der Waals surface area contributed by atoms with Crippen LogP contribution in [0.3, 0.4) is 0 Å². The fourth-order valence-electron chi connectivity index (χ4n) is 3.24. The summed E-state index contributed by atoms with van der Waals surface area (Å²) in [5.74, 6) is 2.82. The first kappa shape index (κ1) is 17.0. The van der Waals surface area contributed by atoms with E-state index >= 15 is 0 Å². The molecule has 6 nitrogen and oxygen atoms in total. The lowest BCUT2D eigenvalue weighted by Crippen LogP contribution is -2.28. The molecule has 0 aromatic heterocycles. The van der Waals surface area contributed by atoms with Gasteiger partial charge in [-0.3, -0.25) is 0 Å². The zero-order valence-corrected chi connectivity index (χ0v) is 14.7. The largest absolute Gasteiger partial charge is 0.454 e. The third-order valence-corrected chi connectivity index (χ3v) is 4.70. The van der Waals surface area contributed by atoms with E-state index in [1.54, 1.807) is 0 Å². The predicted molar refractivity (Wildman–Crippen MR) is 95.7 cm³/mol. The second kappa shape index (κ2) is 7.43. The summed E-state index contributed by atoms with van der Waals surface area (Å²) in [6.07, 6.45) is 1.39. The molecule has 0 fully saturated rings. The molecule has 2 aliphatic rings. The minimum atomic E-state index is -0.735. The van der Waals surface area contributed by atoms with E-state index in [0.29, 0.717) is 17.2 Å². The van der Waals surface area contributed by atoms with Crippen molar-refractivity contribution in [2.24, 2.45) is 0 Å². The van der Waals surface area contributed by atoms with Crippen LogP contribution in [0.25, 0.3) is 0 Å². The van der Waals surface area contributed by atoms with E-state index in [-0.39, 0.29) is 19.6 Å². The standard InChI is InChI=1S/C20H23NO5/c1-2-3-8-21-19(13-4-6-15-17(9-13)25-11-23-15)20(22)14-5-7-16-18(10-14)26-12-24-16/h4-7,9-10,19-22H,2-3,8,11-12H2,1H3/t19-,20+/m0/s1. The molecule has 4 rings (SSSR count). The summed E-state index contributed by atoms with van der Waals surface area (Å²) in [5.41, 5.74) is 1.73. The van der Waals surface area contributed by atoms with E-state index in [0.717, 1.165) is 36.3 Å². The van der Waals surface area contributed by atoms with E-state index in [1.807, 2.05) is 36.4 Å². The number of hydrogen-bond donors (Lipinski definition) is 2. The van der Waals surface area contributed by atoms with Crippen molar-refractivity contribution in [3.05, 3.63) is 47.5 Å². The summed E-state index contributed by atoms with van der Waals surface area (Å²) in [5, 5.41) is 14.6. The summed E-state index contributed by atoms with van der Waals surface area (Å²) < 4.78 is 21.7. The maximum atomic E-state index is 11.1. The van der Waals surface area contributed by atoms with Crippen molar-refractivity contribution < 1.29 is 24.1 Å². The highest BCUT2D eigenvalue weighted by Crippen LogP contribution is 2.40. The summed E-state index contributed by atoms with van der Waals surface area (Å²) in [6, 6.07) is 11.1. The molecule has 0 saturated carbocycles. The van der Waals surface area contributed by atoms with Crippen LogP contribution >= 0.6 is 0 Å². The molecule has 2 N–H and O–H groups in total. The van der Waals surface area contributed by atoms with Crippen LogP contribution in [-0.2, 0) is 0 Å². The Bertz CT molecular complexity index is 779. The number of benzene rings is 2. The van der Waals surface area contributed by atoms with E-state index in [4.69, 9.17) is 18.9 Å². The summed E-state index contributed by atoms with van der Waals surface area (Å²) >= 11 is 0. The molecule has 2 heterocycles. The molecular formula is C20H23NO5. The third-order valence-electron chi connectivity index (χ3n) is 4.70. The van der Waals surface area contributed by atoms with Gasteiger partial charge in [0.1, 0.15) is 0 Å². The minimum Gasteiger partial charge on any atom is -0.454 e. The number of rotatable bonds is 7. The predicted octanol–water partition coefficient (Wildman–Crippen LogP) is 3.31. The number of aliphatic hydroxyl groups is 1. The maximum Gasteiger partial charge on any atom is 0.231 e. The van der Waals surface area contributed by atoms with Gasteiger partial charge in [0.25, 0.3) is 0 Å². The maximum absolute atomic E-state index is 11.1. The number of unbranched alkanes of at least 4 members (excludes halogenated alkanes) is 1. The molecule has 26 heavy (non-hydrogen) atoms. The normalized spacial score (nSPS) is 16.5. The molecule has 0 saturated heterocycles. The Kier molecular flexibility index (Phi) is 4.86. The highest BCUT2D eigenvalue weighted by molar-refractivity contribution is 5.48. The summed E-state index contributed by atoms with van der Waals surface area (Å²) in [6.45, 7) is 3.41.